The lowest BCUT2D eigenvalue weighted by Crippen LogP contribution is -2.25. The summed E-state index contributed by atoms with van der Waals surface area (Å²) in [7, 11) is 0. The SMILES string of the molecule is Cc1ccc(C(=O)NC2CC2)cc1-n1ncc(C(=O)c2cccc(Cl)c2)c1N.Cc1cccc(C(=O)c2cnn(-c3cc(C(=O)NC4CC4)ccc3C)c2N)c1. The predicted octanol–water partition coefficient (Wildman–Crippen LogP) is 6.73. The fourth-order valence-corrected chi connectivity index (χ4v) is 6.32. The maximum Gasteiger partial charge on any atom is 0.251 e. The molecule has 13 heteroatoms. The van der Waals surface area contributed by atoms with Crippen LogP contribution >= 0.6 is 11.6 Å². The Balaban J connectivity index is 0.000000172. The highest BCUT2D eigenvalue weighted by atomic mass is 35.5. The maximum atomic E-state index is 12.9. The number of anilines is 2. The average Bonchev–Trinajstić information content (AvgIpc) is 4.11. The van der Waals surface area contributed by atoms with Crippen molar-refractivity contribution in [2.45, 2.75) is 58.5 Å². The van der Waals surface area contributed by atoms with Crippen LogP contribution in [-0.2, 0) is 0 Å². The van der Waals surface area contributed by atoms with E-state index in [1.165, 1.54) is 21.8 Å². The van der Waals surface area contributed by atoms with Gasteiger partial charge in [-0.05, 0) is 100 Å². The molecule has 6 aromatic rings. The van der Waals surface area contributed by atoms with Gasteiger partial charge in [-0.2, -0.15) is 10.2 Å². The van der Waals surface area contributed by atoms with E-state index in [4.69, 9.17) is 23.1 Å². The second-order valence-corrected chi connectivity index (χ2v) is 14.7. The second kappa shape index (κ2) is 15.7. The number of hydrogen-bond acceptors (Lipinski definition) is 8. The highest BCUT2D eigenvalue weighted by molar-refractivity contribution is 6.31. The van der Waals surface area contributed by atoms with E-state index in [2.05, 4.69) is 20.8 Å². The van der Waals surface area contributed by atoms with Crippen molar-refractivity contribution in [2.24, 2.45) is 0 Å². The molecule has 2 fully saturated rings. The van der Waals surface area contributed by atoms with Crippen molar-refractivity contribution in [1.82, 2.24) is 30.2 Å². The first-order valence-corrected chi connectivity index (χ1v) is 18.7. The molecule has 0 spiro atoms. The summed E-state index contributed by atoms with van der Waals surface area (Å²) in [6, 6.07) is 25.4. The van der Waals surface area contributed by atoms with Gasteiger partial charge in [0.15, 0.2) is 11.6 Å². The highest BCUT2D eigenvalue weighted by Gasteiger charge is 2.26. The molecule has 6 N–H and O–H groups in total. The number of nitrogens with zero attached hydrogens (tertiary/aromatic N) is 4. The van der Waals surface area contributed by atoms with E-state index in [1.54, 1.807) is 54.6 Å². The minimum absolute atomic E-state index is 0.106. The molecule has 0 bridgehead atoms. The van der Waals surface area contributed by atoms with Crippen LogP contribution in [0.15, 0.2) is 97.3 Å². The number of hydrogen-bond donors (Lipinski definition) is 4. The summed E-state index contributed by atoms with van der Waals surface area (Å²) in [5, 5.41) is 15.0. The summed E-state index contributed by atoms with van der Waals surface area (Å²) >= 11 is 5.98. The molecule has 2 aliphatic rings. The van der Waals surface area contributed by atoms with E-state index in [0.717, 1.165) is 42.4 Å². The van der Waals surface area contributed by atoms with Gasteiger partial charge in [0.25, 0.3) is 11.8 Å². The van der Waals surface area contributed by atoms with Crippen LogP contribution < -0.4 is 22.1 Å². The van der Waals surface area contributed by atoms with E-state index >= 15 is 0 Å². The van der Waals surface area contributed by atoms with Gasteiger partial charge in [0.1, 0.15) is 11.6 Å². The van der Waals surface area contributed by atoms with Crippen LogP contribution in [0.2, 0.25) is 5.02 Å². The monoisotopic (exact) mass is 768 g/mol. The topological polar surface area (TPSA) is 180 Å². The third-order valence-corrected chi connectivity index (χ3v) is 9.93. The van der Waals surface area contributed by atoms with Crippen LogP contribution in [-0.4, -0.2) is 55.0 Å². The standard InChI is InChI=1S/C22H22N4O2.C21H19ClN4O2/c1-13-4-3-5-15(10-13)20(27)18-12-24-26(21(18)23)19-11-16(7-6-14(19)2)22(28)25-17-8-9-17;1-12-5-6-14(21(28)25-16-7-8-16)10-18(12)26-20(23)17(11-24-26)19(27)13-3-2-4-15(22)9-13/h3-7,10-12,17H,8-9,23H2,1-2H3,(H,25,28);2-6,9-11,16H,7-8,23H2,1H3,(H,25,28). The molecule has 56 heavy (non-hydrogen) atoms. The third-order valence-electron chi connectivity index (χ3n) is 9.69. The number of carbonyl (C=O) groups excluding carboxylic acids is 4. The predicted molar refractivity (Wildman–Crippen MR) is 216 cm³/mol. The number of ketones is 2. The Morgan fingerprint density at radius 3 is 1.48 bits per heavy atom. The van der Waals surface area contributed by atoms with Crippen molar-refractivity contribution >= 4 is 46.6 Å². The lowest BCUT2D eigenvalue weighted by Gasteiger charge is -2.11. The summed E-state index contributed by atoms with van der Waals surface area (Å²) in [5.74, 6) is -0.184. The molecule has 8 rings (SSSR count). The number of nitrogens with two attached hydrogens (primary N) is 2. The van der Waals surface area contributed by atoms with Gasteiger partial charge in [-0.15, -0.1) is 0 Å². The molecule has 12 nitrogen and oxygen atoms in total. The summed E-state index contributed by atoms with van der Waals surface area (Å²) < 4.78 is 3.01. The van der Waals surface area contributed by atoms with Gasteiger partial charge in [-0.25, -0.2) is 9.36 Å². The van der Waals surface area contributed by atoms with Crippen molar-refractivity contribution in [3.8, 4) is 11.4 Å². The molecule has 2 amide bonds. The molecule has 2 heterocycles. The Morgan fingerprint density at radius 2 is 1.05 bits per heavy atom. The van der Waals surface area contributed by atoms with Gasteiger partial charge in [0, 0.05) is 39.4 Å². The van der Waals surface area contributed by atoms with Crippen molar-refractivity contribution in [2.75, 3.05) is 11.5 Å². The number of benzene rings is 4. The van der Waals surface area contributed by atoms with Crippen LogP contribution in [0.25, 0.3) is 11.4 Å². The fraction of sp³-hybridized carbons (Fsp3) is 0.209. The molecule has 4 aromatic carbocycles. The zero-order chi connectivity index (χ0) is 39.7. The number of amides is 2. The van der Waals surface area contributed by atoms with Crippen molar-refractivity contribution < 1.29 is 19.2 Å². The minimum Gasteiger partial charge on any atom is -0.383 e. The van der Waals surface area contributed by atoms with Crippen molar-refractivity contribution in [3.63, 3.8) is 0 Å². The van der Waals surface area contributed by atoms with Gasteiger partial charge in [0.2, 0.25) is 0 Å². The van der Waals surface area contributed by atoms with Crippen LogP contribution in [0.5, 0.6) is 0 Å². The summed E-state index contributed by atoms with van der Waals surface area (Å²) in [4.78, 5) is 50.4. The summed E-state index contributed by atoms with van der Waals surface area (Å²) in [6.45, 7) is 5.75. The molecule has 0 saturated heterocycles. The first-order chi connectivity index (χ1) is 26.9. The molecule has 2 saturated carbocycles. The van der Waals surface area contributed by atoms with E-state index in [9.17, 15) is 19.2 Å². The Kier molecular flexibility index (Phi) is 10.6. The lowest BCUT2D eigenvalue weighted by atomic mass is 10.0. The molecule has 284 valence electrons. The number of nitrogen functional groups attached to an aromatic ring is 2. The minimum atomic E-state index is -0.258. The zero-order valence-electron chi connectivity index (χ0n) is 31.2. The normalized spacial score (nSPS) is 13.4. The van der Waals surface area contributed by atoms with Gasteiger partial charge >= 0.3 is 0 Å². The number of nitrogens with one attached hydrogen (secondary N) is 2. The third kappa shape index (κ3) is 8.25. The number of halogens is 1. The molecule has 0 aliphatic heterocycles. The van der Waals surface area contributed by atoms with Crippen molar-refractivity contribution in [3.05, 3.63) is 152 Å². The number of rotatable bonds is 10. The van der Waals surface area contributed by atoms with Gasteiger partial charge in [-0.3, -0.25) is 19.2 Å². The second-order valence-electron chi connectivity index (χ2n) is 14.2. The molecule has 0 radical (unpaired) electrons. The largest absolute Gasteiger partial charge is 0.383 e. The summed E-state index contributed by atoms with van der Waals surface area (Å²) in [6.07, 6.45) is 7.02. The van der Waals surface area contributed by atoms with Gasteiger partial charge < -0.3 is 22.1 Å². The van der Waals surface area contributed by atoms with E-state index < -0.39 is 0 Å². The van der Waals surface area contributed by atoms with E-state index in [1.807, 2.05) is 51.1 Å². The molecule has 0 atom stereocenters. The van der Waals surface area contributed by atoms with Crippen LogP contribution in [0, 0.1) is 20.8 Å². The quantitative estimate of drug-likeness (QED) is 0.111. The van der Waals surface area contributed by atoms with Gasteiger partial charge in [0.05, 0.1) is 34.9 Å². The first-order valence-electron chi connectivity index (χ1n) is 18.3. The first kappa shape index (κ1) is 37.8. The van der Waals surface area contributed by atoms with Crippen molar-refractivity contribution in [1.29, 1.82) is 0 Å². The molecule has 0 unspecified atom stereocenters. The van der Waals surface area contributed by atoms with Crippen LogP contribution in [0.3, 0.4) is 0 Å². The Morgan fingerprint density at radius 1 is 0.607 bits per heavy atom. The maximum absolute atomic E-state index is 12.9. The highest BCUT2D eigenvalue weighted by Crippen LogP contribution is 2.27. The average molecular weight is 769 g/mol. The number of aromatic nitrogens is 4. The molecular weight excluding hydrogens is 728 g/mol. The number of carbonyl (C=O) groups is 4. The van der Waals surface area contributed by atoms with Gasteiger partial charge in [-0.1, -0.05) is 59.6 Å². The van der Waals surface area contributed by atoms with E-state index in [-0.39, 0.29) is 52.7 Å². The molecule has 2 aromatic heterocycles. The smallest absolute Gasteiger partial charge is 0.251 e. The Hall–Kier alpha value is -6.53. The van der Waals surface area contributed by atoms with Crippen LogP contribution in [0.4, 0.5) is 11.6 Å². The number of aryl methyl sites for hydroxylation is 3. The van der Waals surface area contributed by atoms with E-state index in [0.29, 0.717) is 44.2 Å². The summed E-state index contributed by atoms with van der Waals surface area (Å²) in [5.41, 5.74) is 19.4. The Bertz CT molecular complexity index is 2340. The molecular formula is C43H41ClN8O4. The molecule has 2 aliphatic carbocycles. The van der Waals surface area contributed by atoms with Crippen LogP contribution in [0.1, 0.15) is 94.9 Å². The Labute approximate surface area is 328 Å². The fourth-order valence-electron chi connectivity index (χ4n) is 6.13. The lowest BCUT2D eigenvalue weighted by molar-refractivity contribution is 0.0942. The zero-order valence-corrected chi connectivity index (χ0v) is 31.9.